The molecule has 0 radical (unpaired) electrons. The molecule has 10 heteroatoms. The number of benzene rings is 1. The Bertz CT molecular complexity index is 1240. The number of hydrogen-bond acceptors (Lipinski definition) is 8. The molecule has 3 saturated carbocycles. The fraction of sp³-hybridized carbons (Fsp3) is 0.690. The minimum Gasteiger partial charge on any atom is -0.481 e. The predicted molar refractivity (Wildman–Crippen MR) is 141 cm³/mol. The summed E-state index contributed by atoms with van der Waals surface area (Å²) < 4.78 is 36.2. The standard InChI is InChI=1S/C29H40O9S/c1-17-6-8-21(9-7-17)39(35,36)37-15-24(31)38-23-14-27(4,26(33)34)25(32)19(3)29-11-10-22(30)20(13-29)12-18(2)28(23,5)16-29/h6-9,18-20,23,25,32H,10-16H2,1-5H3,(H,33,34)/t18-,19+,20+,23-,25+,27+,28+,29+/m1/s1. The zero-order valence-electron chi connectivity index (χ0n) is 23.3. The van der Waals surface area contributed by atoms with Gasteiger partial charge in [0.15, 0.2) is 6.61 Å². The first-order chi connectivity index (χ1) is 18.0. The molecule has 9 nitrogen and oxygen atoms in total. The van der Waals surface area contributed by atoms with Crippen molar-refractivity contribution in [2.24, 2.45) is 34.0 Å². The van der Waals surface area contributed by atoms with Crippen LogP contribution in [0.15, 0.2) is 29.2 Å². The molecule has 0 aromatic heterocycles. The van der Waals surface area contributed by atoms with Crippen LogP contribution in [-0.2, 0) is 33.4 Å². The van der Waals surface area contributed by atoms with Crippen LogP contribution < -0.4 is 0 Å². The molecule has 3 aliphatic rings. The molecule has 3 aliphatic carbocycles. The second kappa shape index (κ2) is 10.3. The van der Waals surface area contributed by atoms with Crippen LogP contribution in [0.1, 0.15) is 71.8 Å². The SMILES string of the molecule is Cc1ccc(S(=O)(=O)OCC(=O)O[C@@H]2C[C@](C)(C(=O)O)[C@@H](O)[C@H](C)[C@]34CCC(=O)[C@@H](C[C@@H](C)[C@]2(C)C3)C4)cc1. The van der Waals surface area contributed by atoms with Gasteiger partial charge in [-0.05, 0) is 68.9 Å². The first-order valence-corrected chi connectivity index (χ1v) is 15.0. The Labute approximate surface area is 230 Å². The predicted octanol–water partition coefficient (Wildman–Crippen LogP) is 3.90. The highest BCUT2D eigenvalue weighted by atomic mass is 32.2. The van der Waals surface area contributed by atoms with Gasteiger partial charge in [-0.3, -0.25) is 13.8 Å². The van der Waals surface area contributed by atoms with Crippen LogP contribution in [0.2, 0.25) is 0 Å². The van der Waals surface area contributed by atoms with Gasteiger partial charge < -0.3 is 14.9 Å². The second-order valence-corrected chi connectivity index (χ2v) is 14.3. The van der Waals surface area contributed by atoms with Crippen LogP contribution >= 0.6 is 0 Å². The number of carboxylic acid groups (broad SMARTS) is 1. The average Bonchev–Trinajstić information content (AvgIpc) is 2.97. The first-order valence-electron chi connectivity index (χ1n) is 13.6. The maximum Gasteiger partial charge on any atom is 0.333 e. The van der Waals surface area contributed by atoms with E-state index in [-0.39, 0.29) is 28.9 Å². The highest BCUT2D eigenvalue weighted by Crippen LogP contribution is 2.63. The summed E-state index contributed by atoms with van der Waals surface area (Å²) in [6, 6.07) is 6.01. The summed E-state index contributed by atoms with van der Waals surface area (Å²) >= 11 is 0. The Balaban J connectivity index is 1.66. The summed E-state index contributed by atoms with van der Waals surface area (Å²) in [6.07, 6.45) is 0.287. The van der Waals surface area contributed by atoms with E-state index in [9.17, 15) is 33.0 Å². The van der Waals surface area contributed by atoms with Crippen LogP contribution in [0.5, 0.6) is 0 Å². The van der Waals surface area contributed by atoms with Crippen LogP contribution in [0.4, 0.5) is 0 Å². The third-order valence-electron chi connectivity index (χ3n) is 10.3. The number of ketones is 1. The molecule has 3 fully saturated rings. The summed E-state index contributed by atoms with van der Waals surface area (Å²) in [6.45, 7) is 8.27. The molecule has 1 aromatic rings. The zero-order valence-corrected chi connectivity index (χ0v) is 24.1. The number of aliphatic hydroxyl groups is 1. The maximum absolute atomic E-state index is 13.1. The average molecular weight is 565 g/mol. The largest absolute Gasteiger partial charge is 0.481 e. The molecule has 39 heavy (non-hydrogen) atoms. The highest BCUT2D eigenvalue weighted by Gasteiger charge is 2.62. The van der Waals surface area contributed by atoms with E-state index >= 15 is 0 Å². The van der Waals surface area contributed by atoms with Gasteiger partial charge in [-0.2, -0.15) is 8.42 Å². The molecule has 4 rings (SSSR count). The topological polar surface area (TPSA) is 144 Å². The molecule has 0 aliphatic heterocycles. The Kier molecular flexibility index (Phi) is 7.81. The number of carbonyl (C=O) groups excluding carboxylic acids is 2. The van der Waals surface area contributed by atoms with Crippen molar-refractivity contribution in [2.45, 2.75) is 90.2 Å². The number of aryl methyl sites for hydroxylation is 1. The molecule has 0 saturated heterocycles. The summed E-state index contributed by atoms with van der Waals surface area (Å²) in [5, 5.41) is 21.8. The monoisotopic (exact) mass is 564 g/mol. The van der Waals surface area contributed by atoms with Gasteiger partial charge in [0.1, 0.15) is 11.9 Å². The summed E-state index contributed by atoms with van der Waals surface area (Å²) in [5.74, 6) is -2.63. The Morgan fingerprint density at radius 1 is 1.10 bits per heavy atom. The molecule has 216 valence electrons. The Morgan fingerprint density at radius 2 is 1.74 bits per heavy atom. The minimum atomic E-state index is -4.22. The van der Waals surface area contributed by atoms with Crippen molar-refractivity contribution >= 4 is 27.8 Å². The Hall–Kier alpha value is -2.30. The third kappa shape index (κ3) is 5.27. The quantitative estimate of drug-likeness (QED) is 0.388. The van der Waals surface area contributed by atoms with Gasteiger partial charge in [-0.1, -0.05) is 38.5 Å². The van der Waals surface area contributed by atoms with E-state index in [1.165, 1.54) is 19.1 Å². The van der Waals surface area contributed by atoms with Gasteiger partial charge in [0.05, 0.1) is 16.4 Å². The lowest BCUT2D eigenvalue weighted by atomic mass is 9.51. The number of hydrogen-bond donors (Lipinski definition) is 2. The summed E-state index contributed by atoms with van der Waals surface area (Å²) in [7, 11) is -4.22. The molecular formula is C29H40O9S. The molecule has 3 bridgehead atoms. The lowest BCUT2D eigenvalue weighted by molar-refractivity contribution is -0.193. The smallest absolute Gasteiger partial charge is 0.333 e. The van der Waals surface area contributed by atoms with Crippen molar-refractivity contribution in [2.75, 3.05) is 6.61 Å². The van der Waals surface area contributed by atoms with Gasteiger partial charge >= 0.3 is 11.9 Å². The van der Waals surface area contributed by atoms with Crippen molar-refractivity contribution in [1.29, 1.82) is 0 Å². The normalized spacial score (nSPS) is 38.7. The highest BCUT2D eigenvalue weighted by molar-refractivity contribution is 7.86. The molecule has 0 heterocycles. The van der Waals surface area contributed by atoms with E-state index < -0.39 is 63.0 Å². The molecule has 0 unspecified atom stereocenters. The van der Waals surface area contributed by atoms with E-state index in [4.69, 9.17) is 8.92 Å². The summed E-state index contributed by atoms with van der Waals surface area (Å²) in [5.41, 5.74) is -1.97. The van der Waals surface area contributed by atoms with E-state index in [1.807, 2.05) is 27.7 Å². The van der Waals surface area contributed by atoms with E-state index in [1.54, 1.807) is 12.1 Å². The van der Waals surface area contributed by atoms with Crippen molar-refractivity contribution in [1.82, 2.24) is 0 Å². The van der Waals surface area contributed by atoms with Crippen molar-refractivity contribution in [3.63, 3.8) is 0 Å². The number of aliphatic hydroxyl groups excluding tert-OH is 1. The number of aliphatic carboxylic acids is 1. The van der Waals surface area contributed by atoms with Crippen LogP contribution in [0.3, 0.4) is 0 Å². The lowest BCUT2D eigenvalue weighted by Crippen LogP contribution is -2.58. The number of fused-ring (bicyclic) bond motifs is 2. The second-order valence-electron chi connectivity index (χ2n) is 12.7. The fourth-order valence-electron chi connectivity index (χ4n) is 7.40. The van der Waals surface area contributed by atoms with E-state index in [2.05, 4.69) is 0 Å². The molecule has 0 amide bonds. The number of Topliss-reactive ketones (excluding diaryl/α,β-unsaturated/α-hetero) is 1. The number of carboxylic acids is 1. The number of esters is 1. The van der Waals surface area contributed by atoms with Crippen LogP contribution in [-0.4, -0.2) is 55.2 Å². The lowest BCUT2D eigenvalue weighted by Gasteiger charge is -2.55. The van der Waals surface area contributed by atoms with Crippen molar-refractivity contribution in [3.8, 4) is 0 Å². The third-order valence-corrected chi connectivity index (χ3v) is 11.6. The van der Waals surface area contributed by atoms with Gasteiger partial charge in [-0.25, -0.2) is 4.79 Å². The van der Waals surface area contributed by atoms with Crippen LogP contribution in [0, 0.1) is 40.9 Å². The van der Waals surface area contributed by atoms with Gasteiger partial charge in [0, 0.05) is 24.2 Å². The molecule has 1 spiro atoms. The first kappa shape index (κ1) is 29.7. The molecule has 1 aromatic carbocycles. The van der Waals surface area contributed by atoms with Gasteiger partial charge in [-0.15, -0.1) is 0 Å². The van der Waals surface area contributed by atoms with Gasteiger partial charge in [0.25, 0.3) is 10.1 Å². The number of carbonyl (C=O) groups is 3. The molecule has 8 atom stereocenters. The fourth-order valence-corrected chi connectivity index (χ4v) is 8.26. The number of ether oxygens (including phenoxy) is 1. The zero-order chi connectivity index (χ0) is 29.0. The van der Waals surface area contributed by atoms with Crippen molar-refractivity contribution < 1.29 is 41.9 Å². The number of rotatable bonds is 6. The molecular weight excluding hydrogens is 524 g/mol. The van der Waals surface area contributed by atoms with E-state index in [0.29, 0.717) is 32.1 Å². The van der Waals surface area contributed by atoms with E-state index in [0.717, 1.165) is 5.56 Å². The maximum atomic E-state index is 13.1. The Morgan fingerprint density at radius 3 is 2.36 bits per heavy atom. The minimum absolute atomic E-state index is 0.0920. The summed E-state index contributed by atoms with van der Waals surface area (Å²) in [4.78, 5) is 38.4. The molecule has 2 N–H and O–H groups in total. The van der Waals surface area contributed by atoms with Gasteiger partial charge in [0.2, 0.25) is 0 Å². The van der Waals surface area contributed by atoms with Crippen LogP contribution in [0.25, 0.3) is 0 Å². The van der Waals surface area contributed by atoms with Crippen molar-refractivity contribution in [3.05, 3.63) is 29.8 Å².